The molecule has 4 aromatic rings. The zero-order chi connectivity index (χ0) is 25.0. The van der Waals surface area contributed by atoms with Gasteiger partial charge < -0.3 is 4.42 Å². The van der Waals surface area contributed by atoms with Crippen molar-refractivity contribution >= 4 is 33.5 Å². The normalized spacial score (nSPS) is 12.0. The third-order valence-electron chi connectivity index (χ3n) is 5.65. The van der Waals surface area contributed by atoms with Gasteiger partial charge in [0.2, 0.25) is 10.0 Å². The molecule has 0 bridgehead atoms. The van der Waals surface area contributed by atoms with Gasteiger partial charge in [-0.05, 0) is 68.3 Å². The Morgan fingerprint density at radius 2 is 1.51 bits per heavy atom. The van der Waals surface area contributed by atoms with Crippen molar-refractivity contribution in [2.24, 2.45) is 4.99 Å². The maximum atomic E-state index is 13.5. The fourth-order valence-electron chi connectivity index (χ4n) is 3.51. The number of halogens is 1. The molecule has 1 heterocycles. The van der Waals surface area contributed by atoms with Crippen molar-refractivity contribution in [2.45, 2.75) is 38.8 Å². The highest BCUT2D eigenvalue weighted by atomic mass is 35.5. The van der Waals surface area contributed by atoms with Crippen LogP contribution in [0.1, 0.15) is 33.8 Å². The Bertz CT molecular complexity index is 1440. The lowest BCUT2D eigenvalue weighted by Gasteiger charge is -2.21. The van der Waals surface area contributed by atoms with Gasteiger partial charge in [0.1, 0.15) is 11.5 Å². The molecule has 0 radical (unpaired) electrons. The average molecular weight is 507 g/mol. The van der Waals surface area contributed by atoms with E-state index in [0.29, 0.717) is 22.2 Å². The van der Waals surface area contributed by atoms with Crippen LogP contribution in [0.2, 0.25) is 5.02 Å². The number of hydrogen-bond donors (Lipinski definition) is 0. The summed E-state index contributed by atoms with van der Waals surface area (Å²) in [4.78, 5) is 4.67. The Kier molecular flexibility index (Phi) is 7.55. The highest BCUT2D eigenvalue weighted by Crippen LogP contribution is 2.24. The van der Waals surface area contributed by atoms with E-state index in [1.165, 1.54) is 4.31 Å². The standard InChI is InChI=1S/C28H27ClN2O3S/c1-20-4-9-23(10-5-20)18-31(35(32,33)27-14-6-21(2)7-15-27)19-26-13-12-25(34-26)17-30-24-11-8-22(3)28(29)16-24/h4-17H,18-19H2,1-3H3. The summed E-state index contributed by atoms with van der Waals surface area (Å²) in [5.74, 6) is 1.05. The molecular weight excluding hydrogens is 480 g/mol. The average Bonchev–Trinajstić information content (AvgIpc) is 3.28. The lowest BCUT2D eigenvalue weighted by Crippen LogP contribution is -2.30. The molecule has 0 amide bonds. The molecule has 0 unspecified atom stereocenters. The smallest absolute Gasteiger partial charge is 0.243 e. The summed E-state index contributed by atoms with van der Waals surface area (Å²) < 4.78 is 34.4. The van der Waals surface area contributed by atoms with Gasteiger partial charge in [0, 0.05) is 11.6 Å². The Labute approximate surface area is 211 Å². The van der Waals surface area contributed by atoms with E-state index in [2.05, 4.69) is 4.99 Å². The van der Waals surface area contributed by atoms with Gasteiger partial charge in [0.25, 0.3) is 0 Å². The molecule has 5 nitrogen and oxygen atoms in total. The summed E-state index contributed by atoms with van der Waals surface area (Å²) in [7, 11) is -3.75. The van der Waals surface area contributed by atoms with Crippen LogP contribution in [0.15, 0.2) is 93.2 Å². The van der Waals surface area contributed by atoms with E-state index in [1.807, 2.05) is 57.2 Å². The molecule has 0 aliphatic rings. The second-order valence-corrected chi connectivity index (χ2v) is 10.9. The number of aliphatic imine (C=N–C) groups is 1. The molecule has 0 saturated carbocycles. The highest BCUT2D eigenvalue weighted by Gasteiger charge is 2.26. The van der Waals surface area contributed by atoms with Gasteiger partial charge in [0.15, 0.2) is 0 Å². The molecule has 0 saturated heterocycles. The fourth-order valence-corrected chi connectivity index (χ4v) is 5.07. The quantitative estimate of drug-likeness (QED) is 0.242. The van der Waals surface area contributed by atoms with E-state index in [1.54, 1.807) is 48.7 Å². The molecule has 0 aliphatic carbocycles. The molecule has 4 rings (SSSR count). The largest absolute Gasteiger partial charge is 0.459 e. The predicted molar refractivity (Wildman–Crippen MR) is 141 cm³/mol. The van der Waals surface area contributed by atoms with Crippen LogP contribution in [0.25, 0.3) is 0 Å². The van der Waals surface area contributed by atoms with Gasteiger partial charge in [-0.3, -0.25) is 4.99 Å². The van der Waals surface area contributed by atoms with Crippen molar-refractivity contribution in [3.63, 3.8) is 0 Å². The van der Waals surface area contributed by atoms with Crippen LogP contribution in [0.4, 0.5) is 5.69 Å². The van der Waals surface area contributed by atoms with Crippen LogP contribution >= 0.6 is 11.6 Å². The SMILES string of the molecule is Cc1ccc(CN(Cc2ccc(C=Nc3ccc(C)c(Cl)c3)o2)S(=O)(=O)c2ccc(C)cc2)cc1. The molecule has 35 heavy (non-hydrogen) atoms. The number of benzene rings is 3. The molecule has 0 aliphatic heterocycles. The third kappa shape index (κ3) is 6.28. The van der Waals surface area contributed by atoms with Crippen molar-refractivity contribution in [1.82, 2.24) is 4.31 Å². The highest BCUT2D eigenvalue weighted by molar-refractivity contribution is 7.89. The second-order valence-electron chi connectivity index (χ2n) is 8.57. The van der Waals surface area contributed by atoms with Gasteiger partial charge >= 0.3 is 0 Å². The lowest BCUT2D eigenvalue weighted by atomic mass is 10.1. The summed E-state index contributed by atoms with van der Waals surface area (Å²) in [5, 5.41) is 0.646. The number of aryl methyl sites for hydroxylation is 3. The molecular formula is C28H27ClN2O3S. The molecule has 0 atom stereocenters. The first-order chi connectivity index (χ1) is 16.7. The summed E-state index contributed by atoms with van der Waals surface area (Å²) in [6.07, 6.45) is 1.60. The molecule has 3 aromatic carbocycles. The second kappa shape index (κ2) is 10.6. The third-order valence-corrected chi connectivity index (χ3v) is 7.86. The molecule has 180 valence electrons. The van der Waals surface area contributed by atoms with E-state index in [4.69, 9.17) is 16.0 Å². The maximum Gasteiger partial charge on any atom is 0.243 e. The summed E-state index contributed by atoms with van der Waals surface area (Å²) >= 11 is 6.17. The number of nitrogens with zero attached hydrogens (tertiary/aromatic N) is 2. The first-order valence-corrected chi connectivity index (χ1v) is 13.0. The minimum atomic E-state index is -3.75. The molecule has 1 aromatic heterocycles. The van der Waals surface area contributed by atoms with Gasteiger partial charge in [-0.2, -0.15) is 4.31 Å². The summed E-state index contributed by atoms with van der Waals surface area (Å²) in [5.41, 5.74) is 4.71. The van der Waals surface area contributed by atoms with Gasteiger partial charge in [-0.15, -0.1) is 0 Å². The Hall–Kier alpha value is -3.19. The van der Waals surface area contributed by atoms with Crippen molar-refractivity contribution in [3.8, 4) is 0 Å². The van der Waals surface area contributed by atoms with E-state index in [9.17, 15) is 8.42 Å². The van der Waals surface area contributed by atoms with Gasteiger partial charge in [0.05, 0.1) is 23.3 Å². The van der Waals surface area contributed by atoms with Crippen molar-refractivity contribution in [2.75, 3.05) is 0 Å². The van der Waals surface area contributed by atoms with Crippen LogP contribution in [0.5, 0.6) is 0 Å². The number of furan rings is 1. The van der Waals surface area contributed by atoms with Crippen molar-refractivity contribution < 1.29 is 12.8 Å². The van der Waals surface area contributed by atoms with E-state index in [0.717, 1.165) is 22.3 Å². The number of sulfonamides is 1. The minimum Gasteiger partial charge on any atom is -0.459 e. The van der Waals surface area contributed by atoms with E-state index >= 15 is 0 Å². The summed E-state index contributed by atoms with van der Waals surface area (Å²) in [6, 6.07) is 23.8. The zero-order valence-corrected chi connectivity index (χ0v) is 21.5. The predicted octanol–water partition coefficient (Wildman–Crippen LogP) is 7.00. The Morgan fingerprint density at radius 3 is 2.17 bits per heavy atom. The van der Waals surface area contributed by atoms with Gasteiger partial charge in [-0.1, -0.05) is 65.2 Å². The van der Waals surface area contributed by atoms with Gasteiger partial charge in [-0.25, -0.2) is 8.42 Å². The van der Waals surface area contributed by atoms with Crippen LogP contribution in [0.3, 0.4) is 0 Å². The maximum absolute atomic E-state index is 13.5. The van der Waals surface area contributed by atoms with Crippen molar-refractivity contribution in [3.05, 3.63) is 118 Å². The Balaban J connectivity index is 1.58. The molecule has 0 spiro atoms. The monoisotopic (exact) mass is 506 g/mol. The molecule has 0 N–H and O–H groups in total. The summed E-state index contributed by atoms with van der Waals surface area (Å²) in [6.45, 7) is 6.18. The number of rotatable bonds is 8. The molecule has 0 fully saturated rings. The van der Waals surface area contributed by atoms with Crippen LogP contribution in [0, 0.1) is 20.8 Å². The minimum absolute atomic E-state index is 0.0916. The zero-order valence-electron chi connectivity index (χ0n) is 19.9. The lowest BCUT2D eigenvalue weighted by molar-refractivity contribution is 0.357. The number of hydrogen-bond acceptors (Lipinski definition) is 4. The fraction of sp³-hybridized carbons (Fsp3) is 0.179. The first kappa shape index (κ1) is 24.9. The topological polar surface area (TPSA) is 62.9 Å². The van der Waals surface area contributed by atoms with Crippen LogP contribution < -0.4 is 0 Å². The molecule has 7 heteroatoms. The van der Waals surface area contributed by atoms with Crippen LogP contribution in [-0.4, -0.2) is 18.9 Å². The van der Waals surface area contributed by atoms with Crippen molar-refractivity contribution in [1.29, 1.82) is 0 Å². The Morgan fingerprint density at radius 1 is 0.857 bits per heavy atom. The van der Waals surface area contributed by atoms with E-state index < -0.39 is 10.0 Å². The van der Waals surface area contributed by atoms with Crippen LogP contribution in [-0.2, 0) is 23.1 Å². The van der Waals surface area contributed by atoms with E-state index in [-0.39, 0.29) is 18.0 Å². The first-order valence-electron chi connectivity index (χ1n) is 11.2.